The van der Waals surface area contributed by atoms with E-state index >= 15 is 0 Å². The quantitative estimate of drug-likeness (QED) is 0.164. The summed E-state index contributed by atoms with van der Waals surface area (Å²) in [6, 6.07) is 121. The monoisotopic (exact) mass is 1380 g/mol. The van der Waals surface area contributed by atoms with Crippen molar-refractivity contribution in [2.75, 3.05) is 19.6 Å². The molecule has 16 aromatic rings. The van der Waals surface area contributed by atoms with Crippen molar-refractivity contribution in [3.05, 3.63) is 315 Å². The van der Waals surface area contributed by atoms with Gasteiger partial charge in [0.2, 0.25) is 0 Å². The van der Waals surface area contributed by atoms with Crippen LogP contribution in [0.4, 0.5) is 45.5 Å². The topological polar surface area (TPSA) is 32.1 Å². The van der Waals surface area contributed by atoms with Crippen LogP contribution in [0, 0.1) is 12.1 Å². The summed E-state index contributed by atoms with van der Waals surface area (Å²) in [5.41, 5.74) is 28.3. The first-order valence-corrected chi connectivity index (χ1v) is 34.1. The van der Waals surface area contributed by atoms with Crippen LogP contribution in [-0.2, 0) is 17.6 Å². The molecule has 2 aromatic heterocycles. The van der Waals surface area contributed by atoms with Crippen LogP contribution in [0.2, 0.25) is 0 Å². The molecule has 16 bridgehead atoms. The summed E-state index contributed by atoms with van der Waals surface area (Å²) in [7, 11) is 0. The molecule has 0 amide bonds. The number of rotatable bonds is 4. The molecule has 0 radical (unpaired) electrons. The molecule has 0 spiro atoms. The molecule has 0 saturated carbocycles. The summed E-state index contributed by atoms with van der Waals surface area (Å²) < 4.78 is 14.1. The van der Waals surface area contributed by atoms with Crippen LogP contribution in [-0.4, -0.2) is 17.4 Å². The third kappa shape index (κ3) is 7.53. The summed E-state index contributed by atoms with van der Waals surface area (Å²) in [6.07, 6.45) is 0. The zero-order valence-electron chi connectivity index (χ0n) is 50.3. The molecular weight excluding hydrogens is 1330 g/mol. The summed E-state index contributed by atoms with van der Waals surface area (Å²) in [6.45, 7) is 0. The maximum atomic E-state index is 6.95. The number of nitrogens with zero attached hydrogens (tertiary/aromatic N) is 6. The molecular formula is C86H50N6OPt-2. The number of aromatic nitrogens is 2. The molecule has 5 aliphatic heterocycles. The molecule has 0 unspecified atom stereocenters. The summed E-state index contributed by atoms with van der Waals surface area (Å²) in [5, 5.41) is 4.66. The standard InChI is InChI=1S/C86H50N6O.Pt/c1-5-19-55(20-6-1)61-47-69-57-35-39-77-73(43-57)75-45-59(37-41-79(75)91(77)63-23-9-3-10-24-63)71-49-62(56-21-7-2-8-22-56)50-72-60-38-42-80-76(46-60)74-44-58(36-40-78(74)92(80)64-25-11-4-12-26-64)70(48-61)85(69)89-53-87(81-31-13-15-33-83(81)89)65-27-17-29-67(51-65)93-68-30-18-28-66(52-68)88-54-90(86(71)72)84-34-16-14-32-82(84)88;/h1-50H;/q-2;. The van der Waals surface area contributed by atoms with E-state index in [0.29, 0.717) is 11.5 Å². The second-order valence-corrected chi connectivity index (χ2v) is 27.2. The Morgan fingerprint density at radius 1 is 0.255 bits per heavy atom. The zero-order chi connectivity index (χ0) is 61.3. The predicted octanol–water partition coefficient (Wildman–Crippen LogP) is 21.8. The van der Waals surface area contributed by atoms with Gasteiger partial charge in [-0.3, -0.25) is 0 Å². The van der Waals surface area contributed by atoms with E-state index in [1.54, 1.807) is 0 Å². The van der Waals surface area contributed by atoms with E-state index in [9.17, 15) is 0 Å². The van der Waals surface area contributed by atoms with Crippen LogP contribution >= 0.6 is 0 Å². The molecule has 8 heteroatoms. The Kier molecular flexibility index (Phi) is 10.9. The van der Waals surface area contributed by atoms with E-state index in [0.717, 1.165) is 176 Å². The van der Waals surface area contributed by atoms with E-state index < -0.39 is 17.6 Å². The normalized spacial score (nSPS) is 13.7. The van der Waals surface area contributed by atoms with Crippen LogP contribution in [0.25, 0.3) is 122 Å². The van der Waals surface area contributed by atoms with Gasteiger partial charge in [0.15, 0.2) is 0 Å². The van der Waals surface area contributed by atoms with Crippen LogP contribution < -0.4 is 24.3 Å². The SMILES string of the molecule is [c-]1c2cccc1N1[C]3=[Pt]=[C]4N(c5[c-]c(ccc5)O2)c2ccccc2N4c2c4cc(-c5ccccc5)cc2-c2ccc5c(c2)c2cc(ccc2n5-c2ccccc2)-c2cc(-c5ccccc5)cc(c2N3c2ccccc21)-c1ccc2c(c1)c1cc-4ccc1n2-c1ccccc1. The Labute approximate surface area is 549 Å². The van der Waals surface area contributed by atoms with Crippen LogP contribution in [0.5, 0.6) is 11.5 Å². The summed E-state index contributed by atoms with van der Waals surface area (Å²) in [4.78, 5) is 10.3. The molecule has 7 nitrogen and oxygen atoms in total. The van der Waals surface area contributed by atoms with Crippen molar-refractivity contribution < 1.29 is 22.4 Å². The molecule has 94 heavy (non-hydrogen) atoms. The van der Waals surface area contributed by atoms with Gasteiger partial charge in [-0.15, -0.1) is 0 Å². The Morgan fingerprint density at radius 2 is 0.574 bits per heavy atom. The van der Waals surface area contributed by atoms with E-state index in [2.05, 4.69) is 332 Å². The first-order chi connectivity index (χ1) is 46.6. The van der Waals surface area contributed by atoms with Crippen molar-refractivity contribution in [2.45, 2.75) is 0 Å². The van der Waals surface area contributed by atoms with Gasteiger partial charge in [0, 0.05) is 0 Å². The first-order valence-electron chi connectivity index (χ1n) is 31.8. The van der Waals surface area contributed by atoms with Gasteiger partial charge in [-0.05, 0) is 0 Å². The van der Waals surface area contributed by atoms with Crippen LogP contribution in [0.15, 0.2) is 303 Å². The molecule has 7 heterocycles. The second kappa shape index (κ2) is 19.8. The number of anilines is 8. The fourth-order valence-electron chi connectivity index (χ4n) is 15.3. The predicted molar refractivity (Wildman–Crippen MR) is 383 cm³/mol. The number of hydrogen-bond acceptors (Lipinski definition) is 5. The minimum absolute atomic E-state index is 0.610. The molecule has 0 N–H and O–H groups in total. The third-order valence-electron chi connectivity index (χ3n) is 19.4. The molecule has 14 aromatic carbocycles. The van der Waals surface area contributed by atoms with Gasteiger partial charge >= 0.3 is 541 Å². The minimum atomic E-state index is -1.38. The van der Waals surface area contributed by atoms with Crippen molar-refractivity contribution in [2.24, 2.45) is 0 Å². The maximum absolute atomic E-state index is 6.95. The molecule has 21 rings (SSSR count). The van der Waals surface area contributed by atoms with Gasteiger partial charge in [0.05, 0.1) is 0 Å². The number of hydrogen-bond donors (Lipinski definition) is 0. The molecule has 0 aliphatic carbocycles. The summed E-state index contributed by atoms with van der Waals surface area (Å²) in [5.74, 6) is 1.22. The Balaban J connectivity index is 1.04. The van der Waals surface area contributed by atoms with Gasteiger partial charge in [-0.1, -0.05) is 12.1 Å². The van der Waals surface area contributed by atoms with E-state index in [4.69, 9.17) is 4.74 Å². The molecule has 5 aliphatic rings. The fraction of sp³-hybridized carbons (Fsp3) is 0. The van der Waals surface area contributed by atoms with Crippen LogP contribution in [0.3, 0.4) is 0 Å². The first kappa shape index (κ1) is 51.8. The number of para-hydroxylation sites is 6. The van der Waals surface area contributed by atoms with E-state index in [1.807, 2.05) is 12.1 Å². The van der Waals surface area contributed by atoms with Crippen molar-refractivity contribution in [3.63, 3.8) is 0 Å². The van der Waals surface area contributed by atoms with Crippen molar-refractivity contribution in [3.8, 4) is 89.6 Å². The second-order valence-electron chi connectivity index (χ2n) is 24.6. The van der Waals surface area contributed by atoms with Gasteiger partial charge in [-0.25, -0.2) is 0 Å². The molecule has 0 atom stereocenters. The summed E-state index contributed by atoms with van der Waals surface area (Å²) >= 11 is -1.38. The molecule has 0 fully saturated rings. The van der Waals surface area contributed by atoms with Gasteiger partial charge in [0.25, 0.3) is 0 Å². The Bertz CT molecular complexity index is 5500. The average molecular weight is 1380 g/mol. The number of ether oxygens (including phenoxy) is 1. The van der Waals surface area contributed by atoms with Gasteiger partial charge in [-0.2, -0.15) is 0 Å². The van der Waals surface area contributed by atoms with E-state index in [1.165, 1.54) is 0 Å². The fourth-order valence-corrected chi connectivity index (χ4v) is 19.0. The number of benzene rings is 14. The van der Waals surface area contributed by atoms with Crippen molar-refractivity contribution >= 4 is 97.4 Å². The van der Waals surface area contributed by atoms with Crippen LogP contribution in [0.1, 0.15) is 0 Å². The Hall–Kier alpha value is -11.9. The molecule has 0 saturated heterocycles. The zero-order valence-corrected chi connectivity index (χ0v) is 52.5. The average Bonchev–Trinajstić information content (AvgIpc) is 1.59. The van der Waals surface area contributed by atoms with Gasteiger partial charge < -0.3 is 0 Å². The third-order valence-corrected chi connectivity index (χ3v) is 22.5. The van der Waals surface area contributed by atoms with Crippen molar-refractivity contribution in [1.82, 2.24) is 9.13 Å². The van der Waals surface area contributed by atoms with Gasteiger partial charge in [0.1, 0.15) is 0 Å². The van der Waals surface area contributed by atoms with Crippen molar-refractivity contribution in [1.29, 1.82) is 0 Å². The molecule has 442 valence electrons. The Morgan fingerprint density at radius 3 is 0.926 bits per heavy atom. The van der Waals surface area contributed by atoms with E-state index in [-0.39, 0.29) is 0 Å². The number of fused-ring (bicyclic) bond motifs is 18.